The molecule has 3 aromatic rings. The summed E-state index contributed by atoms with van der Waals surface area (Å²) >= 11 is 1.43. The van der Waals surface area contributed by atoms with E-state index in [1.165, 1.54) is 35.0 Å². The molecule has 6 nitrogen and oxygen atoms in total. The van der Waals surface area contributed by atoms with E-state index in [0.717, 1.165) is 5.75 Å². The summed E-state index contributed by atoms with van der Waals surface area (Å²) in [6.45, 7) is 2.04. The van der Waals surface area contributed by atoms with E-state index in [9.17, 15) is 10.1 Å². The number of non-ortho nitro benzene ring substituents is 1. The molecule has 23 heavy (non-hydrogen) atoms. The van der Waals surface area contributed by atoms with E-state index >= 15 is 0 Å². The Balaban J connectivity index is 1.73. The van der Waals surface area contributed by atoms with Gasteiger partial charge in [0.25, 0.3) is 10.9 Å². The van der Waals surface area contributed by atoms with Gasteiger partial charge in [0.15, 0.2) is 0 Å². The number of nitro benzene ring substituents is 1. The number of aromatic nitrogens is 2. The van der Waals surface area contributed by atoms with Crippen LogP contribution < -0.4 is 0 Å². The summed E-state index contributed by atoms with van der Waals surface area (Å²) in [7, 11) is 0. The zero-order valence-electron chi connectivity index (χ0n) is 12.3. The average molecular weight is 327 g/mol. The third-order valence-corrected chi connectivity index (χ3v) is 4.04. The van der Waals surface area contributed by atoms with Crippen molar-refractivity contribution in [1.82, 2.24) is 10.2 Å². The summed E-state index contributed by atoms with van der Waals surface area (Å²) in [6, 6.07) is 14.3. The Bertz CT molecular complexity index is 848. The van der Waals surface area contributed by atoms with Crippen molar-refractivity contribution in [3.8, 4) is 11.5 Å². The van der Waals surface area contributed by atoms with Gasteiger partial charge >= 0.3 is 0 Å². The highest BCUT2D eigenvalue weighted by Gasteiger charge is 2.13. The molecule has 0 aliphatic carbocycles. The van der Waals surface area contributed by atoms with Crippen molar-refractivity contribution in [3.63, 3.8) is 0 Å². The average Bonchev–Trinajstić information content (AvgIpc) is 3.02. The Hall–Kier alpha value is -2.67. The smallest absolute Gasteiger partial charge is 0.277 e. The number of benzene rings is 2. The van der Waals surface area contributed by atoms with Gasteiger partial charge in [-0.3, -0.25) is 10.1 Å². The first kappa shape index (κ1) is 15.2. The fourth-order valence-corrected chi connectivity index (χ4v) is 2.79. The van der Waals surface area contributed by atoms with Crippen molar-refractivity contribution < 1.29 is 9.34 Å². The van der Waals surface area contributed by atoms with Crippen LogP contribution >= 0.6 is 11.8 Å². The molecule has 0 saturated heterocycles. The first-order valence-electron chi connectivity index (χ1n) is 6.88. The quantitative estimate of drug-likeness (QED) is 0.396. The van der Waals surface area contributed by atoms with E-state index in [4.69, 9.17) is 4.42 Å². The van der Waals surface area contributed by atoms with Crippen LogP contribution in [-0.4, -0.2) is 15.1 Å². The summed E-state index contributed by atoms with van der Waals surface area (Å²) in [4.78, 5) is 10.4. The molecule has 0 fully saturated rings. The molecule has 3 rings (SSSR count). The van der Waals surface area contributed by atoms with Crippen LogP contribution in [0.15, 0.2) is 58.2 Å². The summed E-state index contributed by atoms with van der Waals surface area (Å²) in [5.74, 6) is 0.999. The molecule has 7 heteroatoms. The van der Waals surface area contributed by atoms with Crippen molar-refractivity contribution >= 4 is 17.4 Å². The van der Waals surface area contributed by atoms with E-state index in [1.807, 2.05) is 25.1 Å². The fraction of sp³-hybridized carbons (Fsp3) is 0.125. The molecule has 0 aliphatic heterocycles. The molecule has 0 amide bonds. The Morgan fingerprint density at radius 1 is 1.17 bits per heavy atom. The second-order valence-electron chi connectivity index (χ2n) is 4.96. The molecule has 1 heterocycles. The van der Waals surface area contributed by atoms with E-state index < -0.39 is 4.92 Å². The fourth-order valence-electron chi connectivity index (χ4n) is 2.08. The number of rotatable bonds is 5. The zero-order valence-corrected chi connectivity index (χ0v) is 13.1. The van der Waals surface area contributed by atoms with Crippen LogP contribution in [0.25, 0.3) is 11.5 Å². The molecule has 0 radical (unpaired) electrons. The molecular weight excluding hydrogens is 314 g/mol. The lowest BCUT2D eigenvalue weighted by atomic mass is 10.2. The van der Waals surface area contributed by atoms with Gasteiger partial charge in [-0.1, -0.05) is 47.7 Å². The van der Waals surface area contributed by atoms with Crippen LogP contribution in [-0.2, 0) is 5.75 Å². The number of nitrogens with zero attached hydrogens (tertiary/aromatic N) is 3. The van der Waals surface area contributed by atoms with E-state index in [0.29, 0.717) is 10.8 Å². The van der Waals surface area contributed by atoms with Gasteiger partial charge in [-0.05, 0) is 18.6 Å². The minimum absolute atomic E-state index is 0.00494. The molecule has 2 aromatic carbocycles. The highest BCUT2D eigenvalue weighted by atomic mass is 32.2. The van der Waals surface area contributed by atoms with Crippen molar-refractivity contribution in [1.29, 1.82) is 0 Å². The minimum atomic E-state index is -0.451. The van der Waals surface area contributed by atoms with Crippen LogP contribution in [0.1, 0.15) is 11.1 Å². The van der Waals surface area contributed by atoms with Gasteiger partial charge in [-0.15, -0.1) is 10.2 Å². The van der Waals surface area contributed by atoms with Gasteiger partial charge in [0.05, 0.1) is 4.92 Å². The summed E-state index contributed by atoms with van der Waals surface area (Å²) in [5.41, 5.74) is 2.90. The summed E-state index contributed by atoms with van der Waals surface area (Å²) < 4.78 is 5.57. The Labute approximate surface area is 136 Å². The Kier molecular flexibility index (Phi) is 4.38. The molecule has 0 bridgehead atoms. The number of hydrogen-bond acceptors (Lipinski definition) is 6. The van der Waals surface area contributed by atoms with E-state index in [1.54, 1.807) is 12.1 Å². The van der Waals surface area contributed by atoms with Gasteiger partial charge < -0.3 is 4.42 Å². The SMILES string of the molecule is Cc1cccc(CSc2nnc(-c3cccc([N+](=O)[O-])c3)o2)c1. The molecular formula is C16H13N3O3S. The minimum Gasteiger partial charge on any atom is -0.411 e. The van der Waals surface area contributed by atoms with Crippen LogP contribution in [0.4, 0.5) is 5.69 Å². The van der Waals surface area contributed by atoms with Crippen LogP contribution in [0.5, 0.6) is 0 Å². The molecule has 0 aliphatic rings. The van der Waals surface area contributed by atoms with Gasteiger partial charge in [0, 0.05) is 23.4 Å². The standard InChI is InChI=1S/C16H13N3O3S/c1-11-4-2-5-12(8-11)10-23-16-18-17-15(22-16)13-6-3-7-14(9-13)19(20)21/h2-9H,10H2,1H3. The maximum absolute atomic E-state index is 10.8. The summed E-state index contributed by atoms with van der Waals surface area (Å²) in [5, 5.41) is 19.2. The Morgan fingerprint density at radius 2 is 2.00 bits per heavy atom. The van der Waals surface area contributed by atoms with Gasteiger partial charge in [0.1, 0.15) is 0 Å². The van der Waals surface area contributed by atoms with Crippen molar-refractivity contribution in [3.05, 3.63) is 69.8 Å². The maximum Gasteiger partial charge on any atom is 0.277 e. The molecule has 116 valence electrons. The normalized spacial score (nSPS) is 10.7. The number of hydrogen-bond donors (Lipinski definition) is 0. The second kappa shape index (κ2) is 6.62. The molecule has 0 atom stereocenters. The molecule has 1 aromatic heterocycles. The predicted molar refractivity (Wildman–Crippen MR) is 87.1 cm³/mol. The van der Waals surface area contributed by atoms with Crippen LogP contribution in [0.2, 0.25) is 0 Å². The summed E-state index contributed by atoms with van der Waals surface area (Å²) in [6.07, 6.45) is 0. The highest BCUT2D eigenvalue weighted by Crippen LogP contribution is 2.27. The largest absolute Gasteiger partial charge is 0.411 e. The monoisotopic (exact) mass is 327 g/mol. The number of aryl methyl sites for hydroxylation is 1. The number of nitro groups is 1. The molecule has 0 unspecified atom stereocenters. The third-order valence-electron chi connectivity index (χ3n) is 3.16. The van der Waals surface area contributed by atoms with E-state index in [2.05, 4.69) is 16.3 Å². The van der Waals surface area contributed by atoms with Crippen LogP contribution in [0.3, 0.4) is 0 Å². The van der Waals surface area contributed by atoms with Gasteiger partial charge in [0.2, 0.25) is 5.89 Å². The van der Waals surface area contributed by atoms with Crippen molar-refractivity contribution in [2.45, 2.75) is 17.9 Å². The first-order valence-corrected chi connectivity index (χ1v) is 7.87. The van der Waals surface area contributed by atoms with Crippen LogP contribution in [0, 0.1) is 17.0 Å². The Morgan fingerprint density at radius 3 is 2.78 bits per heavy atom. The molecule has 0 saturated carbocycles. The van der Waals surface area contributed by atoms with Gasteiger partial charge in [-0.25, -0.2) is 0 Å². The lowest BCUT2D eigenvalue weighted by Crippen LogP contribution is -1.88. The van der Waals surface area contributed by atoms with Crippen molar-refractivity contribution in [2.24, 2.45) is 0 Å². The first-order chi connectivity index (χ1) is 11.1. The molecule has 0 spiro atoms. The van der Waals surface area contributed by atoms with E-state index in [-0.39, 0.29) is 11.6 Å². The third kappa shape index (κ3) is 3.75. The lowest BCUT2D eigenvalue weighted by Gasteiger charge is -1.99. The zero-order chi connectivity index (χ0) is 16.2. The predicted octanol–water partition coefficient (Wildman–Crippen LogP) is 4.25. The highest BCUT2D eigenvalue weighted by molar-refractivity contribution is 7.98. The number of thioether (sulfide) groups is 1. The lowest BCUT2D eigenvalue weighted by molar-refractivity contribution is -0.384. The topological polar surface area (TPSA) is 82.1 Å². The molecule has 0 N–H and O–H groups in total. The maximum atomic E-state index is 10.8. The van der Waals surface area contributed by atoms with Crippen molar-refractivity contribution in [2.75, 3.05) is 0 Å². The van der Waals surface area contributed by atoms with Gasteiger partial charge in [-0.2, -0.15) is 0 Å². The second-order valence-corrected chi connectivity index (χ2v) is 5.88.